The second-order valence-electron chi connectivity index (χ2n) is 1.71. The molecule has 5 heteroatoms. The van der Waals surface area contributed by atoms with Crippen molar-refractivity contribution in [1.29, 1.82) is 0 Å². The summed E-state index contributed by atoms with van der Waals surface area (Å²) in [5, 5.41) is 3.67. The van der Waals surface area contributed by atoms with Crippen LogP contribution < -0.4 is 5.32 Å². The number of rotatable bonds is 3. The molecule has 0 fully saturated rings. The van der Waals surface area contributed by atoms with Crippen LogP contribution in [0.3, 0.4) is 0 Å². The van der Waals surface area contributed by atoms with Gasteiger partial charge >= 0.3 is 0 Å². The Morgan fingerprint density at radius 3 is 2.82 bits per heavy atom. The Morgan fingerprint density at radius 1 is 1.55 bits per heavy atom. The molecule has 0 aliphatic rings. The molecule has 0 aliphatic carbocycles. The Morgan fingerprint density at radius 2 is 2.36 bits per heavy atom. The molecule has 0 spiro atoms. The molecule has 3 nitrogen and oxygen atoms in total. The molecular weight excluding hydrogens is 178 g/mol. The summed E-state index contributed by atoms with van der Waals surface area (Å²) in [6.45, 7) is 0. The largest absolute Gasteiger partial charge is 0.336 e. The molecule has 1 aromatic heterocycles. The topological polar surface area (TPSA) is 37.8 Å². The van der Waals surface area contributed by atoms with E-state index < -0.39 is 0 Å². The fourth-order valence-corrected chi connectivity index (χ4v) is 0.993. The predicted octanol–water partition coefficient (Wildman–Crippen LogP) is 1.57. The van der Waals surface area contributed by atoms with Crippen molar-refractivity contribution >= 4 is 35.3 Å². The van der Waals surface area contributed by atoms with Gasteiger partial charge in [0.2, 0.25) is 0 Å². The molecular formula is C6H7N3S2. The van der Waals surface area contributed by atoms with E-state index in [9.17, 15) is 0 Å². The maximum absolute atomic E-state index is 4.59. The van der Waals surface area contributed by atoms with Crippen LogP contribution in [-0.2, 0) is 0 Å². The first-order chi connectivity index (χ1) is 5.36. The van der Waals surface area contributed by atoms with Crippen molar-refractivity contribution in [2.75, 3.05) is 11.6 Å². The fourth-order valence-electron chi connectivity index (χ4n) is 0.557. The molecule has 0 aliphatic heterocycles. The lowest BCUT2D eigenvalue weighted by atomic mass is 10.7. The van der Waals surface area contributed by atoms with Gasteiger partial charge in [-0.25, -0.2) is 9.97 Å². The summed E-state index contributed by atoms with van der Waals surface area (Å²) in [6, 6.07) is 0. The first-order valence-electron chi connectivity index (χ1n) is 2.93. The minimum absolute atomic E-state index is 0.679. The third-order valence-corrected chi connectivity index (χ3v) is 1.79. The van der Waals surface area contributed by atoms with Gasteiger partial charge in [-0.15, -0.1) is 11.8 Å². The van der Waals surface area contributed by atoms with E-state index in [1.54, 1.807) is 24.2 Å². The van der Waals surface area contributed by atoms with Crippen LogP contribution in [0, 0.1) is 0 Å². The summed E-state index contributed by atoms with van der Waals surface area (Å²) in [5.74, 6) is 0.679. The average Bonchev–Trinajstić information content (AvgIpc) is 2.07. The van der Waals surface area contributed by atoms with Crippen molar-refractivity contribution in [2.24, 2.45) is 0 Å². The first-order valence-corrected chi connectivity index (χ1v) is 4.62. The monoisotopic (exact) mass is 185 g/mol. The minimum Gasteiger partial charge on any atom is -0.336 e. The van der Waals surface area contributed by atoms with Crippen molar-refractivity contribution in [2.45, 2.75) is 5.03 Å². The number of nitrogens with one attached hydrogen (secondary N) is 1. The molecule has 0 atom stereocenters. The lowest BCUT2D eigenvalue weighted by Crippen LogP contribution is -1.95. The Labute approximate surface area is 74.6 Å². The Hall–Kier alpha value is -0.680. The van der Waals surface area contributed by atoms with Crippen LogP contribution in [0.1, 0.15) is 0 Å². The number of nitrogens with zero attached hydrogens (tertiary/aromatic N) is 2. The quantitative estimate of drug-likeness (QED) is 0.571. The lowest BCUT2D eigenvalue weighted by Gasteiger charge is -1.97. The molecule has 0 aromatic carbocycles. The molecule has 0 saturated heterocycles. The Bertz CT molecular complexity index is 234. The van der Waals surface area contributed by atoms with E-state index in [0.717, 1.165) is 5.03 Å². The van der Waals surface area contributed by atoms with Gasteiger partial charge in [-0.05, 0) is 6.26 Å². The highest BCUT2D eigenvalue weighted by molar-refractivity contribution is 7.98. The van der Waals surface area contributed by atoms with Crippen molar-refractivity contribution in [1.82, 2.24) is 9.97 Å². The number of hydrogen-bond donors (Lipinski definition) is 1. The standard InChI is InChI=1S/C6H7N3S2/c1-11-6-3-7-5(2-8-6)9-4-10/h2-4H,1H3,(H,7,9,10). The van der Waals surface area contributed by atoms with E-state index in [1.807, 2.05) is 6.26 Å². The smallest absolute Gasteiger partial charge is 0.149 e. The zero-order valence-corrected chi connectivity index (χ0v) is 7.58. The zero-order valence-electron chi connectivity index (χ0n) is 5.94. The van der Waals surface area contributed by atoms with Gasteiger partial charge in [0, 0.05) is 0 Å². The predicted molar refractivity (Wildman–Crippen MR) is 51.1 cm³/mol. The highest BCUT2D eigenvalue weighted by atomic mass is 32.2. The second kappa shape index (κ2) is 4.25. The highest BCUT2D eigenvalue weighted by Gasteiger charge is 1.92. The third-order valence-electron chi connectivity index (χ3n) is 1.04. The van der Waals surface area contributed by atoms with Crippen molar-refractivity contribution in [3.05, 3.63) is 12.4 Å². The van der Waals surface area contributed by atoms with E-state index in [0.29, 0.717) is 5.82 Å². The normalized spacial score (nSPS) is 9.18. The number of anilines is 1. The molecule has 1 aromatic rings. The highest BCUT2D eigenvalue weighted by Crippen LogP contribution is 2.09. The Balaban J connectivity index is 2.74. The SMILES string of the molecule is CSc1cnc(NC=S)cn1. The van der Waals surface area contributed by atoms with E-state index in [2.05, 4.69) is 27.5 Å². The van der Waals surface area contributed by atoms with E-state index in [-0.39, 0.29) is 0 Å². The van der Waals surface area contributed by atoms with Crippen LogP contribution in [0.5, 0.6) is 0 Å². The van der Waals surface area contributed by atoms with Gasteiger partial charge in [0.15, 0.2) is 0 Å². The summed E-state index contributed by atoms with van der Waals surface area (Å²) in [6.07, 6.45) is 5.30. The van der Waals surface area contributed by atoms with Crippen LogP contribution in [0.2, 0.25) is 0 Å². The molecule has 0 radical (unpaired) electrons. The number of thioether (sulfide) groups is 1. The summed E-state index contributed by atoms with van der Waals surface area (Å²) >= 11 is 6.14. The van der Waals surface area contributed by atoms with Crippen LogP contribution >= 0.6 is 24.0 Å². The maximum atomic E-state index is 4.59. The molecule has 58 valence electrons. The van der Waals surface area contributed by atoms with Gasteiger partial charge < -0.3 is 5.32 Å². The number of hydrogen-bond acceptors (Lipinski definition) is 4. The molecule has 11 heavy (non-hydrogen) atoms. The molecule has 1 N–H and O–H groups in total. The summed E-state index contributed by atoms with van der Waals surface area (Å²) in [4.78, 5) is 8.13. The number of thiocarbonyl (C=S) groups is 1. The van der Waals surface area contributed by atoms with Crippen LogP contribution in [0.25, 0.3) is 0 Å². The van der Waals surface area contributed by atoms with Crippen LogP contribution in [0.15, 0.2) is 17.4 Å². The Kier molecular flexibility index (Phi) is 3.25. The second-order valence-corrected chi connectivity index (χ2v) is 2.77. The summed E-state index contributed by atoms with van der Waals surface area (Å²) < 4.78 is 0. The molecule has 0 bridgehead atoms. The summed E-state index contributed by atoms with van der Waals surface area (Å²) in [7, 11) is 0. The molecule has 1 heterocycles. The first kappa shape index (κ1) is 8.42. The maximum Gasteiger partial charge on any atom is 0.149 e. The number of aromatic nitrogens is 2. The lowest BCUT2D eigenvalue weighted by molar-refractivity contribution is 1.07. The van der Waals surface area contributed by atoms with Gasteiger partial charge in [0.1, 0.15) is 10.8 Å². The van der Waals surface area contributed by atoms with Crippen molar-refractivity contribution in [3.8, 4) is 0 Å². The van der Waals surface area contributed by atoms with Crippen LogP contribution in [-0.4, -0.2) is 21.7 Å². The average molecular weight is 185 g/mol. The van der Waals surface area contributed by atoms with E-state index in [4.69, 9.17) is 0 Å². The fraction of sp³-hybridized carbons (Fsp3) is 0.167. The van der Waals surface area contributed by atoms with E-state index >= 15 is 0 Å². The van der Waals surface area contributed by atoms with E-state index in [1.165, 1.54) is 5.49 Å². The van der Waals surface area contributed by atoms with Gasteiger partial charge in [-0.2, -0.15) is 0 Å². The zero-order chi connectivity index (χ0) is 8.10. The van der Waals surface area contributed by atoms with Gasteiger partial charge in [0.25, 0.3) is 0 Å². The molecule has 0 unspecified atom stereocenters. The molecule has 0 amide bonds. The third kappa shape index (κ3) is 2.44. The van der Waals surface area contributed by atoms with Gasteiger partial charge in [-0.1, -0.05) is 12.2 Å². The van der Waals surface area contributed by atoms with Gasteiger partial charge in [0.05, 0.1) is 17.9 Å². The van der Waals surface area contributed by atoms with Crippen molar-refractivity contribution < 1.29 is 0 Å². The van der Waals surface area contributed by atoms with Crippen molar-refractivity contribution in [3.63, 3.8) is 0 Å². The summed E-state index contributed by atoms with van der Waals surface area (Å²) in [5.41, 5.74) is 1.41. The minimum atomic E-state index is 0.679. The molecule has 0 saturated carbocycles. The van der Waals surface area contributed by atoms with Gasteiger partial charge in [-0.3, -0.25) is 0 Å². The molecule has 1 rings (SSSR count). The van der Waals surface area contributed by atoms with Crippen LogP contribution in [0.4, 0.5) is 5.82 Å².